The molecular formula is H6CaN2O6. The average Bonchev–Trinajstić information content (AvgIpc) is 1.33. The number of hydrogen-bond acceptors (Lipinski definition) is 4. The molecule has 0 aromatic heterocycles. The van der Waals surface area contributed by atoms with Gasteiger partial charge < -0.3 is 15.9 Å². The molecule has 0 saturated carbocycles. The van der Waals surface area contributed by atoms with Gasteiger partial charge in [-0.15, -0.1) is 15.0 Å². The summed E-state index contributed by atoms with van der Waals surface area (Å²) in [5, 5.41) is 21.5. The first kappa shape index (κ1) is 23.2. The van der Waals surface area contributed by atoms with Gasteiger partial charge in [-0.05, 0) is 0 Å². The molecule has 0 spiro atoms. The molecule has 0 bridgehead atoms. The summed E-state index contributed by atoms with van der Waals surface area (Å²) in [4.78, 5) is 16.5. The summed E-state index contributed by atoms with van der Waals surface area (Å²) in [6, 6.07) is 0. The van der Waals surface area contributed by atoms with Gasteiger partial charge in [-0.1, -0.05) is 0 Å². The monoisotopic (exact) mass is 170 g/mol. The number of nitrogens with zero attached hydrogens (tertiary/aromatic N) is 2. The first-order valence-electron chi connectivity index (χ1n) is 0.948. The first-order chi connectivity index (χ1) is 3.15. The summed E-state index contributed by atoms with van der Waals surface area (Å²) in [6.45, 7) is 0. The molecule has 0 heterocycles. The van der Waals surface area contributed by atoms with Crippen LogP contribution in [0.15, 0.2) is 5.34 Å². The minimum absolute atomic E-state index is 0. The Kier molecular flexibility index (Phi) is 64.3. The third-order valence-corrected chi connectivity index (χ3v) is 0. The maximum atomic E-state index is 8.36. The van der Waals surface area contributed by atoms with Gasteiger partial charge in [-0.3, -0.25) is 0 Å². The van der Waals surface area contributed by atoms with Gasteiger partial charge in [0.25, 0.3) is 5.09 Å². The van der Waals surface area contributed by atoms with E-state index < -0.39 is 5.09 Å². The van der Waals surface area contributed by atoms with E-state index in [1.165, 1.54) is 5.34 Å². The van der Waals surface area contributed by atoms with Gasteiger partial charge in [-0.25, -0.2) is 0 Å². The van der Waals surface area contributed by atoms with E-state index in [9.17, 15) is 0 Å². The fraction of sp³-hybridized carbons (Fsp3) is 0. The number of rotatable bonds is 0. The maximum absolute atomic E-state index is 8.36. The Hall–Kier alpha value is -0.180. The van der Waals surface area contributed by atoms with Crippen LogP contribution in [-0.4, -0.2) is 58.7 Å². The van der Waals surface area contributed by atoms with Crippen molar-refractivity contribution in [2.24, 2.45) is 5.34 Å². The summed E-state index contributed by atoms with van der Waals surface area (Å²) < 4.78 is 0. The fourth-order valence-corrected chi connectivity index (χ4v) is 0. The molecule has 0 aromatic carbocycles. The Morgan fingerprint density at radius 2 is 1.56 bits per heavy atom. The van der Waals surface area contributed by atoms with Gasteiger partial charge in [-0.2, -0.15) is 0 Å². The zero-order valence-electron chi connectivity index (χ0n) is 3.51. The van der Waals surface area contributed by atoms with Crippen LogP contribution in [-0.2, 0) is 0 Å². The molecule has 0 amide bonds. The van der Waals surface area contributed by atoms with E-state index in [0.29, 0.717) is 0 Å². The van der Waals surface area contributed by atoms with E-state index in [4.69, 9.17) is 25.4 Å². The van der Waals surface area contributed by atoms with Gasteiger partial charge in [0.05, 0.1) is 0 Å². The molecule has 0 rings (SSSR count). The van der Waals surface area contributed by atoms with Crippen molar-refractivity contribution in [2.45, 2.75) is 0 Å². The molecule has 0 aromatic rings. The topological polar surface area (TPSA) is 145 Å². The number of hydrogen-bond donors (Lipinski definition) is 2. The van der Waals surface area contributed by atoms with Gasteiger partial charge >= 0.3 is 37.7 Å². The molecule has 8 nitrogen and oxygen atoms in total. The van der Waals surface area contributed by atoms with Crippen molar-refractivity contribution in [3.8, 4) is 0 Å². The van der Waals surface area contributed by atoms with Crippen molar-refractivity contribution in [3.05, 3.63) is 15.0 Å². The van der Waals surface area contributed by atoms with E-state index in [1.807, 2.05) is 0 Å². The van der Waals surface area contributed by atoms with Crippen LogP contribution in [0.25, 0.3) is 0 Å². The molecule has 9 heavy (non-hydrogen) atoms. The van der Waals surface area contributed by atoms with Crippen LogP contribution >= 0.6 is 0 Å². The first-order valence-corrected chi connectivity index (χ1v) is 0.948. The Labute approximate surface area is 78.8 Å². The molecule has 9 heteroatoms. The molecule has 4 N–H and O–H groups in total. The molecule has 0 aliphatic rings. The second-order valence-corrected chi connectivity index (χ2v) is 0.319. The van der Waals surface area contributed by atoms with Crippen molar-refractivity contribution in [2.75, 3.05) is 0 Å². The van der Waals surface area contributed by atoms with Gasteiger partial charge in [0.2, 0.25) is 0 Å². The summed E-state index contributed by atoms with van der Waals surface area (Å²) in [5.74, 6) is 0. The van der Waals surface area contributed by atoms with Crippen LogP contribution in [0.2, 0.25) is 0 Å². The van der Waals surface area contributed by atoms with Gasteiger partial charge in [0, 0.05) is 0 Å². The van der Waals surface area contributed by atoms with Crippen LogP contribution in [0.3, 0.4) is 0 Å². The van der Waals surface area contributed by atoms with Crippen LogP contribution in [0.5, 0.6) is 0 Å². The summed E-state index contributed by atoms with van der Waals surface area (Å²) in [7, 11) is 0. The van der Waals surface area contributed by atoms with Crippen LogP contribution in [0.1, 0.15) is 0 Å². The molecule has 0 saturated heterocycles. The molecule has 0 aliphatic carbocycles. The van der Waals surface area contributed by atoms with Crippen LogP contribution in [0.4, 0.5) is 0 Å². The Morgan fingerprint density at radius 1 is 1.56 bits per heavy atom. The van der Waals surface area contributed by atoms with Crippen LogP contribution < -0.4 is 0 Å². The molecule has 0 unspecified atom stereocenters. The molecule has 0 atom stereocenters. The second-order valence-electron chi connectivity index (χ2n) is 0.319. The van der Waals surface area contributed by atoms with Crippen molar-refractivity contribution in [1.29, 1.82) is 0 Å². The van der Waals surface area contributed by atoms with E-state index >= 15 is 0 Å². The Balaban J connectivity index is -0.0000000233. The van der Waals surface area contributed by atoms with E-state index in [-0.39, 0.29) is 43.2 Å². The third-order valence-electron chi connectivity index (χ3n) is 0. The SMILES string of the molecule is O.O=NO.O=[N+]([O-])O.[CaH2]. The Bertz CT molecular complexity index is 58.1. The normalized spacial score (nSPS) is 4.00. The van der Waals surface area contributed by atoms with E-state index in [0.717, 1.165) is 0 Å². The van der Waals surface area contributed by atoms with Gasteiger partial charge in [0.1, 0.15) is 0 Å². The summed E-state index contributed by atoms with van der Waals surface area (Å²) >= 11 is 0. The summed E-state index contributed by atoms with van der Waals surface area (Å²) in [6.07, 6.45) is 0. The average molecular weight is 170 g/mol. The molecule has 54 valence electrons. The van der Waals surface area contributed by atoms with Crippen molar-refractivity contribution < 1.29 is 21.0 Å². The second kappa shape index (κ2) is 24.9. The minimum atomic E-state index is -1.50. The molecule has 0 fully saturated rings. The molecular weight excluding hydrogens is 164 g/mol. The van der Waals surface area contributed by atoms with Gasteiger partial charge in [0.15, 0.2) is 5.34 Å². The van der Waals surface area contributed by atoms with E-state index in [2.05, 4.69) is 0 Å². The van der Waals surface area contributed by atoms with Crippen molar-refractivity contribution >= 4 is 37.7 Å². The predicted molar refractivity (Wildman–Crippen MR) is 28.5 cm³/mol. The molecule has 0 radical (unpaired) electrons. The van der Waals surface area contributed by atoms with Crippen LogP contribution in [0, 0.1) is 15.0 Å². The zero-order valence-corrected chi connectivity index (χ0v) is 3.51. The van der Waals surface area contributed by atoms with Crippen molar-refractivity contribution in [1.82, 2.24) is 0 Å². The zero-order chi connectivity index (χ0) is 6.28. The third kappa shape index (κ3) is 8150. The fourth-order valence-electron chi connectivity index (χ4n) is 0. The van der Waals surface area contributed by atoms with Crippen molar-refractivity contribution in [3.63, 3.8) is 0 Å². The quantitative estimate of drug-likeness (QED) is 0.188. The standard InChI is InChI=1S/Ca.HNO3.HNO2.H2O.2H/c;2-1(3)4;2-1-3;;;/h;(H,2,3,4);(H,2,3);1H2;;. The van der Waals surface area contributed by atoms with E-state index in [1.54, 1.807) is 0 Å². The molecule has 0 aliphatic heterocycles. The predicted octanol–water partition coefficient (Wildman–Crippen LogP) is -1.95. The Morgan fingerprint density at radius 3 is 1.56 bits per heavy atom. The summed E-state index contributed by atoms with van der Waals surface area (Å²) in [5.41, 5.74) is 0.